The molecule has 6 nitrogen and oxygen atoms in total. The first-order valence-electron chi connectivity index (χ1n) is 6.95. The zero-order valence-corrected chi connectivity index (χ0v) is 12.5. The summed E-state index contributed by atoms with van der Waals surface area (Å²) >= 11 is 6.11. The number of pyridine rings is 1. The number of halogens is 1. The molecule has 1 atom stereocenters. The molecule has 3 heterocycles. The van der Waals surface area contributed by atoms with E-state index in [2.05, 4.69) is 4.98 Å². The number of rotatable bonds is 3. The Morgan fingerprint density at radius 3 is 2.95 bits per heavy atom. The molecule has 0 saturated carbocycles. The molecule has 22 heavy (non-hydrogen) atoms. The molecule has 1 fully saturated rings. The molecule has 0 aliphatic carbocycles. The second-order valence-electron chi connectivity index (χ2n) is 5.22. The van der Waals surface area contributed by atoms with Gasteiger partial charge in [0.15, 0.2) is 5.15 Å². The molecule has 1 aliphatic rings. The summed E-state index contributed by atoms with van der Waals surface area (Å²) in [5, 5.41) is 0.340. The lowest BCUT2D eigenvalue weighted by molar-refractivity contribution is -0.125. The van der Waals surface area contributed by atoms with E-state index in [0.29, 0.717) is 30.4 Å². The maximum Gasteiger partial charge on any atom is 0.246 e. The van der Waals surface area contributed by atoms with Crippen molar-refractivity contribution in [3.8, 4) is 0 Å². The Morgan fingerprint density at radius 1 is 1.41 bits per heavy atom. The SMILES string of the molecule is NC(=O)C1CCN(C(=O)/C=C/c2c(Cl)nc3ccccn23)C1. The maximum atomic E-state index is 12.2. The summed E-state index contributed by atoms with van der Waals surface area (Å²) in [6.07, 6.45) is 5.54. The highest BCUT2D eigenvalue weighted by atomic mass is 35.5. The summed E-state index contributed by atoms with van der Waals surface area (Å²) in [5.74, 6) is -0.772. The molecule has 0 bridgehead atoms. The van der Waals surface area contributed by atoms with Crippen molar-refractivity contribution in [3.63, 3.8) is 0 Å². The highest BCUT2D eigenvalue weighted by Gasteiger charge is 2.28. The van der Waals surface area contributed by atoms with E-state index in [-0.39, 0.29) is 17.7 Å². The van der Waals surface area contributed by atoms with Crippen molar-refractivity contribution in [2.45, 2.75) is 6.42 Å². The van der Waals surface area contributed by atoms with Crippen LogP contribution in [0.1, 0.15) is 12.1 Å². The average Bonchev–Trinajstić information content (AvgIpc) is 3.09. The number of primary amides is 1. The number of nitrogens with two attached hydrogens (primary N) is 1. The van der Waals surface area contributed by atoms with Gasteiger partial charge >= 0.3 is 0 Å². The van der Waals surface area contributed by atoms with Gasteiger partial charge in [-0.05, 0) is 24.6 Å². The number of carbonyl (C=O) groups is 2. The van der Waals surface area contributed by atoms with Gasteiger partial charge in [0.05, 0.1) is 11.6 Å². The number of amides is 2. The van der Waals surface area contributed by atoms with E-state index in [4.69, 9.17) is 17.3 Å². The van der Waals surface area contributed by atoms with Gasteiger partial charge in [0.1, 0.15) is 5.65 Å². The molecular formula is C15H15ClN4O2. The summed E-state index contributed by atoms with van der Waals surface area (Å²) in [7, 11) is 0. The minimum atomic E-state index is -0.357. The van der Waals surface area contributed by atoms with Crippen LogP contribution in [0.3, 0.4) is 0 Å². The monoisotopic (exact) mass is 318 g/mol. The van der Waals surface area contributed by atoms with Crippen molar-refractivity contribution >= 4 is 35.1 Å². The van der Waals surface area contributed by atoms with Gasteiger partial charge < -0.3 is 10.6 Å². The molecule has 3 rings (SSSR count). The number of fused-ring (bicyclic) bond motifs is 1. The Hall–Kier alpha value is -2.34. The topological polar surface area (TPSA) is 80.7 Å². The minimum Gasteiger partial charge on any atom is -0.369 e. The second kappa shape index (κ2) is 5.81. The molecule has 0 radical (unpaired) electrons. The van der Waals surface area contributed by atoms with Gasteiger partial charge in [-0.25, -0.2) is 4.98 Å². The van der Waals surface area contributed by atoms with E-state index >= 15 is 0 Å². The standard InChI is InChI=1S/C15H15ClN4O2/c16-14-11(20-7-2-1-3-12(20)18-14)4-5-13(21)19-8-6-10(9-19)15(17)22/h1-5,7,10H,6,8-9H2,(H2,17,22)/b5-4+. The molecule has 2 aromatic heterocycles. The average molecular weight is 319 g/mol. The number of hydrogen-bond donors (Lipinski definition) is 1. The Balaban J connectivity index is 1.77. The number of imidazole rings is 1. The predicted molar refractivity (Wildman–Crippen MR) is 83.1 cm³/mol. The van der Waals surface area contributed by atoms with Crippen LogP contribution in [0.25, 0.3) is 11.7 Å². The lowest BCUT2D eigenvalue weighted by Crippen LogP contribution is -2.30. The number of likely N-dealkylation sites (tertiary alicyclic amines) is 1. The second-order valence-corrected chi connectivity index (χ2v) is 5.58. The van der Waals surface area contributed by atoms with Crippen molar-refractivity contribution in [2.24, 2.45) is 11.7 Å². The van der Waals surface area contributed by atoms with Crippen LogP contribution in [0, 0.1) is 5.92 Å². The van der Waals surface area contributed by atoms with Crippen LogP contribution < -0.4 is 5.73 Å². The van der Waals surface area contributed by atoms with Gasteiger partial charge in [-0.3, -0.25) is 14.0 Å². The predicted octanol–water partition coefficient (Wildman–Crippen LogP) is 1.33. The van der Waals surface area contributed by atoms with Crippen LogP contribution in [0.4, 0.5) is 0 Å². The van der Waals surface area contributed by atoms with Crippen molar-refractivity contribution in [1.29, 1.82) is 0 Å². The highest BCUT2D eigenvalue weighted by molar-refractivity contribution is 6.31. The lowest BCUT2D eigenvalue weighted by Gasteiger charge is -2.13. The lowest BCUT2D eigenvalue weighted by atomic mass is 10.1. The zero-order valence-electron chi connectivity index (χ0n) is 11.8. The fourth-order valence-electron chi connectivity index (χ4n) is 2.58. The Labute approximate surface area is 132 Å². The van der Waals surface area contributed by atoms with E-state index in [9.17, 15) is 9.59 Å². The van der Waals surface area contributed by atoms with Gasteiger partial charge in [-0.15, -0.1) is 0 Å². The Kier molecular flexibility index (Phi) is 3.85. The van der Waals surface area contributed by atoms with Gasteiger partial charge in [0, 0.05) is 25.4 Å². The van der Waals surface area contributed by atoms with Crippen molar-refractivity contribution in [3.05, 3.63) is 41.3 Å². The maximum absolute atomic E-state index is 12.2. The van der Waals surface area contributed by atoms with Gasteiger partial charge in [-0.1, -0.05) is 17.7 Å². The summed E-state index contributed by atoms with van der Waals surface area (Å²) in [6.45, 7) is 0.914. The van der Waals surface area contributed by atoms with Gasteiger partial charge in [0.2, 0.25) is 11.8 Å². The third kappa shape index (κ3) is 2.69. The Bertz CT molecular complexity index is 768. The van der Waals surface area contributed by atoms with Gasteiger partial charge in [0.25, 0.3) is 0 Å². The van der Waals surface area contributed by atoms with E-state index in [0.717, 1.165) is 5.65 Å². The van der Waals surface area contributed by atoms with Crippen LogP contribution in [-0.4, -0.2) is 39.2 Å². The molecule has 1 unspecified atom stereocenters. The molecular weight excluding hydrogens is 304 g/mol. The third-order valence-corrected chi connectivity index (χ3v) is 4.09. The molecule has 0 spiro atoms. The van der Waals surface area contributed by atoms with Crippen LogP contribution in [-0.2, 0) is 9.59 Å². The van der Waals surface area contributed by atoms with Crippen molar-refractivity contribution in [1.82, 2.24) is 14.3 Å². The Morgan fingerprint density at radius 2 is 2.23 bits per heavy atom. The van der Waals surface area contributed by atoms with Crippen LogP contribution in [0.2, 0.25) is 5.15 Å². The van der Waals surface area contributed by atoms with E-state index in [1.54, 1.807) is 11.0 Å². The summed E-state index contributed by atoms with van der Waals surface area (Å²) in [6, 6.07) is 5.57. The zero-order chi connectivity index (χ0) is 15.7. The number of carbonyl (C=O) groups excluding carboxylic acids is 2. The first-order chi connectivity index (χ1) is 10.6. The van der Waals surface area contributed by atoms with Crippen LogP contribution in [0.5, 0.6) is 0 Å². The fraction of sp³-hybridized carbons (Fsp3) is 0.267. The smallest absolute Gasteiger partial charge is 0.246 e. The van der Waals surface area contributed by atoms with E-state index < -0.39 is 0 Å². The number of nitrogens with zero attached hydrogens (tertiary/aromatic N) is 3. The van der Waals surface area contributed by atoms with Crippen molar-refractivity contribution < 1.29 is 9.59 Å². The summed E-state index contributed by atoms with van der Waals surface area (Å²) < 4.78 is 1.81. The molecule has 1 saturated heterocycles. The summed E-state index contributed by atoms with van der Waals surface area (Å²) in [5.41, 5.74) is 6.64. The minimum absolute atomic E-state index is 0.161. The molecule has 7 heteroatoms. The quantitative estimate of drug-likeness (QED) is 0.867. The molecule has 0 aromatic carbocycles. The fourth-order valence-corrected chi connectivity index (χ4v) is 2.82. The third-order valence-electron chi connectivity index (χ3n) is 3.81. The first kappa shape index (κ1) is 14.6. The van der Waals surface area contributed by atoms with E-state index in [1.165, 1.54) is 6.08 Å². The van der Waals surface area contributed by atoms with Crippen LogP contribution in [0.15, 0.2) is 30.5 Å². The highest BCUT2D eigenvalue weighted by Crippen LogP contribution is 2.20. The normalized spacial score (nSPS) is 18.4. The van der Waals surface area contributed by atoms with Gasteiger partial charge in [-0.2, -0.15) is 0 Å². The largest absolute Gasteiger partial charge is 0.369 e. The van der Waals surface area contributed by atoms with Crippen molar-refractivity contribution in [2.75, 3.05) is 13.1 Å². The van der Waals surface area contributed by atoms with Crippen LogP contribution >= 0.6 is 11.6 Å². The summed E-state index contributed by atoms with van der Waals surface area (Å²) in [4.78, 5) is 29.1. The molecule has 2 amide bonds. The molecule has 114 valence electrons. The number of hydrogen-bond acceptors (Lipinski definition) is 3. The molecule has 2 N–H and O–H groups in total. The first-order valence-corrected chi connectivity index (χ1v) is 7.33. The molecule has 1 aliphatic heterocycles. The number of aromatic nitrogens is 2. The molecule has 2 aromatic rings. The van der Waals surface area contributed by atoms with E-state index in [1.807, 2.05) is 28.8 Å².